The van der Waals surface area contributed by atoms with Crippen LogP contribution in [0, 0.1) is 0 Å². The summed E-state index contributed by atoms with van der Waals surface area (Å²) in [5, 5.41) is 4.81. The van der Waals surface area contributed by atoms with E-state index in [1.54, 1.807) is 12.1 Å². The number of aryl methyl sites for hydroxylation is 1. The van der Waals surface area contributed by atoms with Crippen LogP contribution in [-0.4, -0.2) is 27.5 Å². The molecule has 0 aliphatic carbocycles. The molecule has 0 bridgehead atoms. The zero-order valence-electron chi connectivity index (χ0n) is 15.1. The molecule has 2 N–H and O–H groups in total. The lowest BCUT2D eigenvalue weighted by atomic mass is 10.0. The average molecular weight is 396 g/mol. The van der Waals surface area contributed by atoms with Crippen LogP contribution in [0.15, 0.2) is 65.6 Å². The number of hydrogen-bond acceptors (Lipinski definition) is 4. The number of amides is 1. The van der Waals surface area contributed by atoms with Crippen molar-refractivity contribution >= 4 is 32.4 Å². The first-order valence-corrected chi connectivity index (χ1v) is 10.5. The predicted octanol–water partition coefficient (Wildman–Crippen LogP) is 3.08. The van der Waals surface area contributed by atoms with Gasteiger partial charge in [-0.1, -0.05) is 36.4 Å². The molecule has 1 heterocycles. The minimum Gasteiger partial charge on any atom is -0.492 e. The van der Waals surface area contributed by atoms with Gasteiger partial charge in [-0.25, -0.2) is 13.1 Å². The van der Waals surface area contributed by atoms with E-state index in [0.29, 0.717) is 18.5 Å². The Morgan fingerprint density at radius 3 is 2.71 bits per heavy atom. The first-order valence-electron chi connectivity index (χ1n) is 9.06. The second-order valence-corrected chi connectivity index (χ2v) is 8.36. The highest BCUT2D eigenvalue weighted by Gasteiger charge is 2.19. The molecule has 0 atom stereocenters. The summed E-state index contributed by atoms with van der Waals surface area (Å²) in [5.41, 5.74) is 1.50. The van der Waals surface area contributed by atoms with Crippen molar-refractivity contribution in [3.8, 4) is 5.75 Å². The normalized spacial score (nSPS) is 13.8. The van der Waals surface area contributed by atoms with Crippen molar-refractivity contribution in [2.75, 3.05) is 18.5 Å². The number of benzene rings is 3. The van der Waals surface area contributed by atoms with Crippen LogP contribution in [0.2, 0.25) is 0 Å². The van der Waals surface area contributed by atoms with Crippen molar-refractivity contribution in [2.24, 2.45) is 0 Å². The summed E-state index contributed by atoms with van der Waals surface area (Å²) in [6.07, 6.45) is 0.900. The highest BCUT2D eigenvalue weighted by Crippen LogP contribution is 2.26. The monoisotopic (exact) mass is 396 g/mol. The second-order valence-electron chi connectivity index (χ2n) is 6.59. The Bertz CT molecular complexity index is 1140. The van der Waals surface area contributed by atoms with E-state index in [9.17, 15) is 13.2 Å². The number of carbonyl (C=O) groups excluding carboxylic acids is 1. The summed E-state index contributed by atoms with van der Waals surface area (Å²) < 4.78 is 33.5. The summed E-state index contributed by atoms with van der Waals surface area (Å²) in [6.45, 7) is 0.369. The molecule has 1 amide bonds. The Labute approximate surface area is 163 Å². The van der Waals surface area contributed by atoms with E-state index in [0.717, 1.165) is 22.1 Å². The number of nitrogens with one attached hydrogen (secondary N) is 2. The lowest BCUT2D eigenvalue weighted by molar-refractivity contribution is -0.116. The molecule has 3 aromatic rings. The van der Waals surface area contributed by atoms with Crippen LogP contribution in [0.4, 0.5) is 5.69 Å². The van der Waals surface area contributed by atoms with Crippen molar-refractivity contribution < 1.29 is 17.9 Å². The lowest BCUT2D eigenvalue weighted by Gasteiger charge is -2.17. The fourth-order valence-corrected chi connectivity index (χ4v) is 4.33. The van der Waals surface area contributed by atoms with Crippen molar-refractivity contribution in [1.82, 2.24) is 4.72 Å². The van der Waals surface area contributed by atoms with E-state index in [2.05, 4.69) is 10.0 Å². The Balaban J connectivity index is 1.40. The third-order valence-electron chi connectivity index (χ3n) is 4.68. The molecule has 0 spiro atoms. The summed E-state index contributed by atoms with van der Waals surface area (Å²) in [4.78, 5) is 11.6. The Kier molecular flexibility index (Phi) is 5.02. The minimum absolute atomic E-state index is 0.0492. The maximum Gasteiger partial charge on any atom is 0.240 e. The molecule has 0 saturated carbocycles. The van der Waals surface area contributed by atoms with E-state index in [4.69, 9.17) is 4.74 Å². The molecule has 4 rings (SSSR count). The summed E-state index contributed by atoms with van der Waals surface area (Å²) >= 11 is 0. The van der Waals surface area contributed by atoms with Crippen LogP contribution in [0.5, 0.6) is 5.75 Å². The van der Waals surface area contributed by atoms with Gasteiger partial charge in [0.05, 0.1) is 4.90 Å². The Morgan fingerprint density at radius 1 is 1.00 bits per heavy atom. The molecule has 0 aromatic heterocycles. The molecule has 0 radical (unpaired) electrons. The lowest BCUT2D eigenvalue weighted by Crippen LogP contribution is -2.28. The fraction of sp³-hybridized carbons (Fsp3) is 0.190. The number of ether oxygens (including phenoxy) is 1. The zero-order valence-corrected chi connectivity index (χ0v) is 16.0. The number of fused-ring (bicyclic) bond motifs is 2. The number of anilines is 1. The maximum atomic E-state index is 12.6. The van der Waals surface area contributed by atoms with Crippen LogP contribution >= 0.6 is 0 Å². The minimum atomic E-state index is -3.65. The van der Waals surface area contributed by atoms with E-state index in [1.165, 1.54) is 6.07 Å². The summed E-state index contributed by atoms with van der Waals surface area (Å²) in [6, 6.07) is 18.4. The first-order chi connectivity index (χ1) is 13.5. The molecule has 6 nitrogen and oxygen atoms in total. The van der Waals surface area contributed by atoms with Gasteiger partial charge in [-0.2, -0.15) is 0 Å². The van der Waals surface area contributed by atoms with Gasteiger partial charge in [-0.05, 0) is 41.6 Å². The number of sulfonamides is 1. The van der Waals surface area contributed by atoms with Gasteiger partial charge in [0.25, 0.3) is 0 Å². The first kappa shape index (κ1) is 18.5. The Morgan fingerprint density at radius 2 is 1.82 bits per heavy atom. The van der Waals surface area contributed by atoms with Crippen molar-refractivity contribution in [2.45, 2.75) is 17.7 Å². The second kappa shape index (κ2) is 7.61. The van der Waals surface area contributed by atoms with E-state index < -0.39 is 10.0 Å². The molecule has 3 aromatic carbocycles. The standard InChI is InChI=1S/C21H20N2O4S/c24-21-11-8-16-14-17(9-10-19(16)23-21)28(25,26)22-12-13-27-20-7-3-5-15-4-1-2-6-18(15)20/h1-7,9-10,14,22H,8,11-13H2,(H,23,24). The van der Waals surface area contributed by atoms with Gasteiger partial charge in [-0.3, -0.25) is 4.79 Å². The van der Waals surface area contributed by atoms with Gasteiger partial charge in [-0.15, -0.1) is 0 Å². The van der Waals surface area contributed by atoms with E-state index in [-0.39, 0.29) is 24.0 Å². The van der Waals surface area contributed by atoms with Crippen molar-refractivity contribution in [1.29, 1.82) is 0 Å². The van der Waals surface area contributed by atoms with Crippen LogP contribution in [0.1, 0.15) is 12.0 Å². The topological polar surface area (TPSA) is 84.5 Å². The molecule has 28 heavy (non-hydrogen) atoms. The van der Waals surface area contributed by atoms with Gasteiger partial charge in [0, 0.05) is 24.0 Å². The largest absolute Gasteiger partial charge is 0.492 e. The molecule has 0 fully saturated rings. The van der Waals surface area contributed by atoms with Crippen LogP contribution in [0.3, 0.4) is 0 Å². The van der Waals surface area contributed by atoms with Crippen LogP contribution < -0.4 is 14.8 Å². The molecule has 0 unspecified atom stereocenters. The fourth-order valence-electron chi connectivity index (χ4n) is 3.27. The highest BCUT2D eigenvalue weighted by molar-refractivity contribution is 7.89. The molecule has 0 saturated heterocycles. The van der Waals surface area contributed by atoms with Crippen LogP contribution in [-0.2, 0) is 21.2 Å². The molecule has 1 aliphatic rings. The van der Waals surface area contributed by atoms with Gasteiger partial charge in [0.15, 0.2) is 0 Å². The molecular weight excluding hydrogens is 376 g/mol. The van der Waals surface area contributed by atoms with E-state index >= 15 is 0 Å². The quantitative estimate of drug-likeness (QED) is 0.627. The molecule has 7 heteroatoms. The van der Waals surface area contributed by atoms with Gasteiger partial charge in [0.2, 0.25) is 15.9 Å². The predicted molar refractivity (Wildman–Crippen MR) is 108 cm³/mol. The number of carbonyl (C=O) groups is 1. The highest BCUT2D eigenvalue weighted by atomic mass is 32.2. The molecular formula is C21H20N2O4S. The zero-order chi connectivity index (χ0) is 19.6. The van der Waals surface area contributed by atoms with Crippen LogP contribution in [0.25, 0.3) is 10.8 Å². The van der Waals surface area contributed by atoms with Crippen molar-refractivity contribution in [3.05, 3.63) is 66.2 Å². The van der Waals surface area contributed by atoms with Gasteiger partial charge >= 0.3 is 0 Å². The molecule has 1 aliphatic heterocycles. The number of hydrogen-bond donors (Lipinski definition) is 2. The summed E-state index contributed by atoms with van der Waals surface area (Å²) in [5.74, 6) is 0.675. The van der Waals surface area contributed by atoms with Gasteiger partial charge in [0.1, 0.15) is 12.4 Å². The smallest absolute Gasteiger partial charge is 0.240 e. The maximum absolute atomic E-state index is 12.6. The third kappa shape index (κ3) is 3.85. The van der Waals surface area contributed by atoms with Crippen molar-refractivity contribution in [3.63, 3.8) is 0 Å². The Hall–Kier alpha value is -2.90. The summed E-state index contributed by atoms with van der Waals surface area (Å²) in [7, 11) is -3.65. The average Bonchev–Trinajstić information content (AvgIpc) is 2.71. The molecule has 144 valence electrons. The number of rotatable bonds is 6. The third-order valence-corrected chi connectivity index (χ3v) is 6.14. The SMILES string of the molecule is O=C1CCc2cc(S(=O)(=O)NCCOc3cccc4ccccc34)ccc2N1. The van der Waals surface area contributed by atoms with E-state index in [1.807, 2.05) is 42.5 Å². The van der Waals surface area contributed by atoms with Gasteiger partial charge < -0.3 is 10.1 Å².